The highest BCUT2D eigenvalue weighted by Crippen LogP contribution is 2.35. The summed E-state index contributed by atoms with van der Waals surface area (Å²) < 4.78 is 33.7. The molecule has 2 aliphatic rings. The first-order valence-electron chi connectivity index (χ1n) is 11.0. The molecule has 0 spiro atoms. The van der Waals surface area contributed by atoms with Gasteiger partial charge in [-0.2, -0.15) is 0 Å². The van der Waals surface area contributed by atoms with Gasteiger partial charge >= 0.3 is 11.9 Å². The van der Waals surface area contributed by atoms with Gasteiger partial charge in [-0.3, -0.25) is 9.59 Å². The highest BCUT2D eigenvalue weighted by molar-refractivity contribution is 5.77. The molecule has 184 valence electrons. The molecule has 0 N–H and O–H groups in total. The monoisotopic (exact) mass is 464 g/mol. The van der Waals surface area contributed by atoms with Crippen molar-refractivity contribution in [3.63, 3.8) is 0 Å². The van der Waals surface area contributed by atoms with Crippen LogP contribution in [0.5, 0.6) is 0 Å². The van der Waals surface area contributed by atoms with Crippen molar-refractivity contribution in [3.05, 3.63) is 0 Å². The topological polar surface area (TPSA) is 89.5 Å². The SMILES string of the molecule is C#CCC(CC#C)(COC(=O)C1(C)COC(C)(C)OC1)COC(=O)C1(C)COC(C)(C)OC1. The molecule has 0 aliphatic carbocycles. The van der Waals surface area contributed by atoms with Gasteiger partial charge in [-0.1, -0.05) is 0 Å². The lowest BCUT2D eigenvalue weighted by Gasteiger charge is -2.41. The molecule has 0 amide bonds. The smallest absolute Gasteiger partial charge is 0.316 e. The minimum Gasteiger partial charge on any atom is -0.464 e. The second kappa shape index (κ2) is 10.0. The van der Waals surface area contributed by atoms with Crippen LogP contribution in [0.1, 0.15) is 54.4 Å². The third-order valence-electron chi connectivity index (χ3n) is 5.91. The van der Waals surface area contributed by atoms with Crippen LogP contribution < -0.4 is 0 Å². The number of esters is 2. The molecule has 0 saturated carbocycles. The van der Waals surface area contributed by atoms with Gasteiger partial charge in [0.15, 0.2) is 11.6 Å². The molecule has 0 unspecified atom stereocenters. The second-order valence-corrected chi connectivity index (χ2v) is 10.5. The molecule has 0 bridgehead atoms. The zero-order valence-electron chi connectivity index (χ0n) is 20.6. The van der Waals surface area contributed by atoms with E-state index in [0.29, 0.717) is 0 Å². The van der Waals surface area contributed by atoms with E-state index in [9.17, 15) is 9.59 Å². The average molecular weight is 465 g/mol. The standard InChI is InChI=1S/C25H36O8/c1-9-11-25(12-10-2,17-28-19(26)23(7)13-30-21(3,4)31-14-23)18-29-20(27)24(8)15-32-22(5,6)33-16-24/h1-2H,11-18H2,3-8H3. The third-order valence-corrected chi connectivity index (χ3v) is 5.91. The lowest BCUT2D eigenvalue weighted by molar-refractivity contribution is -0.282. The largest absolute Gasteiger partial charge is 0.464 e. The van der Waals surface area contributed by atoms with E-state index < -0.39 is 39.8 Å². The fourth-order valence-corrected chi connectivity index (χ4v) is 3.26. The van der Waals surface area contributed by atoms with Crippen LogP contribution >= 0.6 is 0 Å². The van der Waals surface area contributed by atoms with E-state index in [-0.39, 0.29) is 52.5 Å². The molecule has 0 aromatic heterocycles. The lowest BCUT2D eigenvalue weighted by Crippen LogP contribution is -2.51. The summed E-state index contributed by atoms with van der Waals surface area (Å²) in [6.07, 6.45) is 11.5. The van der Waals surface area contributed by atoms with Crippen molar-refractivity contribution in [2.45, 2.75) is 66.0 Å². The van der Waals surface area contributed by atoms with Gasteiger partial charge in [0.05, 0.1) is 31.8 Å². The number of rotatable bonds is 8. The third kappa shape index (κ3) is 6.94. The van der Waals surface area contributed by atoms with Crippen LogP contribution in [0.25, 0.3) is 0 Å². The molecule has 8 heteroatoms. The quantitative estimate of drug-likeness (QED) is 0.400. The maximum Gasteiger partial charge on any atom is 0.316 e. The van der Waals surface area contributed by atoms with E-state index in [0.717, 1.165) is 0 Å². The van der Waals surface area contributed by atoms with Crippen LogP contribution in [0.4, 0.5) is 0 Å². The van der Waals surface area contributed by atoms with Gasteiger partial charge in [0.2, 0.25) is 0 Å². The first-order valence-corrected chi connectivity index (χ1v) is 11.0. The second-order valence-electron chi connectivity index (χ2n) is 10.5. The highest BCUT2D eigenvalue weighted by Gasteiger charge is 2.46. The summed E-state index contributed by atoms with van der Waals surface area (Å²) in [6.45, 7) is 10.9. The number of carbonyl (C=O) groups is 2. The van der Waals surface area contributed by atoms with Crippen molar-refractivity contribution in [2.24, 2.45) is 16.2 Å². The summed E-state index contributed by atoms with van der Waals surface area (Å²) in [5.41, 5.74) is -2.87. The van der Waals surface area contributed by atoms with Gasteiger partial charge < -0.3 is 28.4 Å². The molecule has 0 aromatic carbocycles. The summed E-state index contributed by atoms with van der Waals surface area (Å²) in [5.74, 6) is 2.62. The number of ether oxygens (including phenoxy) is 6. The van der Waals surface area contributed by atoms with E-state index in [1.807, 2.05) is 0 Å². The molecule has 2 heterocycles. The molecule has 8 nitrogen and oxygen atoms in total. The average Bonchev–Trinajstić information content (AvgIpc) is 2.75. The fraction of sp³-hybridized carbons (Fsp3) is 0.760. The highest BCUT2D eigenvalue weighted by atomic mass is 16.7. The van der Waals surface area contributed by atoms with Crippen LogP contribution in [0.2, 0.25) is 0 Å². The Morgan fingerprint density at radius 3 is 1.30 bits per heavy atom. The summed E-state index contributed by atoms with van der Waals surface area (Å²) >= 11 is 0. The molecule has 0 radical (unpaired) electrons. The molecule has 2 fully saturated rings. The van der Waals surface area contributed by atoms with Gasteiger partial charge in [-0.25, -0.2) is 0 Å². The van der Waals surface area contributed by atoms with E-state index in [2.05, 4.69) is 11.8 Å². The van der Waals surface area contributed by atoms with Gasteiger partial charge in [0.1, 0.15) is 24.0 Å². The number of hydrogen-bond donors (Lipinski definition) is 0. The Labute approximate surface area is 196 Å². The minimum atomic E-state index is -0.971. The van der Waals surface area contributed by atoms with Crippen LogP contribution in [-0.4, -0.2) is 63.2 Å². The predicted molar refractivity (Wildman–Crippen MR) is 119 cm³/mol. The van der Waals surface area contributed by atoms with Crippen LogP contribution in [-0.2, 0) is 38.0 Å². The van der Waals surface area contributed by atoms with Crippen molar-refractivity contribution in [3.8, 4) is 24.7 Å². The molecule has 0 atom stereocenters. The van der Waals surface area contributed by atoms with Gasteiger partial charge in [-0.15, -0.1) is 24.7 Å². The van der Waals surface area contributed by atoms with Crippen molar-refractivity contribution in [2.75, 3.05) is 39.6 Å². The zero-order valence-corrected chi connectivity index (χ0v) is 20.6. The van der Waals surface area contributed by atoms with Gasteiger partial charge in [-0.05, 0) is 41.5 Å². The summed E-state index contributed by atoms with van der Waals surface area (Å²) in [4.78, 5) is 25.7. The number of hydrogen-bond acceptors (Lipinski definition) is 8. The summed E-state index contributed by atoms with van der Waals surface area (Å²) in [6, 6.07) is 0. The molecule has 2 saturated heterocycles. The van der Waals surface area contributed by atoms with Crippen molar-refractivity contribution < 1.29 is 38.0 Å². The van der Waals surface area contributed by atoms with E-state index in [4.69, 9.17) is 41.3 Å². The van der Waals surface area contributed by atoms with E-state index >= 15 is 0 Å². The maximum absolute atomic E-state index is 12.9. The predicted octanol–water partition coefficient (Wildman–Crippen LogP) is 2.68. The molecule has 2 rings (SSSR count). The Morgan fingerprint density at radius 1 is 0.727 bits per heavy atom. The van der Waals surface area contributed by atoms with Crippen LogP contribution in [0, 0.1) is 40.9 Å². The minimum absolute atomic E-state index is 0.108. The Hall–Kier alpha value is -2.10. The summed E-state index contributed by atoms with van der Waals surface area (Å²) in [5, 5.41) is 0. The zero-order chi connectivity index (χ0) is 25.0. The number of terminal acetylenes is 2. The van der Waals surface area contributed by atoms with E-state index in [1.54, 1.807) is 41.5 Å². The van der Waals surface area contributed by atoms with Crippen LogP contribution in [0.3, 0.4) is 0 Å². The molecule has 0 aromatic rings. The van der Waals surface area contributed by atoms with Crippen molar-refractivity contribution >= 4 is 11.9 Å². The Bertz CT molecular complexity index is 725. The first kappa shape index (κ1) is 27.1. The Morgan fingerprint density at radius 2 is 1.03 bits per heavy atom. The molecule has 33 heavy (non-hydrogen) atoms. The number of carbonyl (C=O) groups excluding carboxylic acids is 2. The molecular formula is C25H36O8. The van der Waals surface area contributed by atoms with Crippen molar-refractivity contribution in [1.82, 2.24) is 0 Å². The van der Waals surface area contributed by atoms with E-state index in [1.165, 1.54) is 0 Å². The van der Waals surface area contributed by atoms with Crippen LogP contribution in [0.15, 0.2) is 0 Å². The lowest BCUT2D eigenvalue weighted by atomic mass is 9.82. The summed E-state index contributed by atoms with van der Waals surface area (Å²) in [7, 11) is 0. The normalized spacial score (nSPS) is 22.9. The maximum atomic E-state index is 12.9. The van der Waals surface area contributed by atoms with Gasteiger partial charge in [0.25, 0.3) is 0 Å². The van der Waals surface area contributed by atoms with Crippen molar-refractivity contribution in [1.29, 1.82) is 0 Å². The van der Waals surface area contributed by atoms with Gasteiger partial charge in [0, 0.05) is 12.8 Å². The molecule has 2 aliphatic heterocycles. The Balaban J connectivity index is 2.04. The Kier molecular flexibility index (Phi) is 8.25. The molecular weight excluding hydrogens is 428 g/mol. The fourth-order valence-electron chi connectivity index (χ4n) is 3.26. The first-order chi connectivity index (χ1) is 15.2.